The molecule has 6 rings (SSSR count). The van der Waals surface area contributed by atoms with Crippen LogP contribution in [0.1, 0.15) is 0 Å². The molecule has 0 spiro atoms. The molecule has 0 amide bonds. The monoisotopic (exact) mass is 497 g/mol. The zero-order valence-electron chi connectivity index (χ0n) is 20.2. The molecule has 0 saturated carbocycles. The number of rotatable bonds is 5. The highest BCUT2D eigenvalue weighted by Crippen LogP contribution is 2.42. The summed E-state index contributed by atoms with van der Waals surface area (Å²) in [4.78, 5) is 14.3. The lowest BCUT2D eigenvalue weighted by molar-refractivity contribution is 0.588. The summed E-state index contributed by atoms with van der Waals surface area (Å²) in [6.45, 7) is 0. The van der Waals surface area contributed by atoms with Gasteiger partial charge in [0.25, 0.3) is 0 Å². The minimum atomic E-state index is -0.689. The maximum absolute atomic E-state index is 15.7. The Labute approximate surface area is 219 Å². The van der Waals surface area contributed by atoms with Crippen LogP contribution in [0, 0.1) is 11.6 Å². The minimum absolute atomic E-state index is 0.189. The van der Waals surface area contributed by atoms with Gasteiger partial charge >= 0.3 is 0 Å². The van der Waals surface area contributed by atoms with Crippen molar-refractivity contribution in [2.75, 3.05) is 0 Å². The van der Waals surface area contributed by atoms with E-state index in [1.807, 2.05) is 97.1 Å². The molecule has 38 heavy (non-hydrogen) atoms. The van der Waals surface area contributed by atoms with E-state index in [2.05, 4.69) is 0 Å². The molecule has 182 valence electrons. The summed E-state index contributed by atoms with van der Waals surface area (Å²) in [5.41, 5.74) is 3.47. The van der Waals surface area contributed by atoms with E-state index < -0.39 is 11.6 Å². The van der Waals surface area contributed by atoms with Crippen LogP contribution in [0.3, 0.4) is 0 Å². The smallest absolute Gasteiger partial charge is 0.165 e. The third-order valence-corrected chi connectivity index (χ3v) is 6.28. The van der Waals surface area contributed by atoms with Gasteiger partial charge < -0.3 is 0 Å². The van der Waals surface area contributed by atoms with E-state index in [0.29, 0.717) is 22.8 Å². The standard InChI is InChI=1S/C33H21F2N3/c34-26-21-27(35)29(23-15-7-2-8-16-23)30(28(26)22-13-5-1-6-14-22)33-37-31(24-17-9-3-10-18-24)36-32(38-33)25-19-11-4-12-20-25/h1-21H. The summed E-state index contributed by atoms with van der Waals surface area (Å²) < 4.78 is 31.4. The van der Waals surface area contributed by atoms with Crippen molar-refractivity contribution in [3.63, 3.8) is 0 Å². The van der Waals surface area contributed by atoms with Crippen LogP contribution >= 0.6 is 0 Å². The Morgan fingerprint density at radius 3 is 1.03 bits per heavy atom. The second kappa shape index (κ2) is 10.1. The molecule has 6 aromatic rings. The predicted molar refractivity (Wildman–Crippen MR) is 147 cm³/mol. The predicted octanol–water partition coefficient (Wildman–Crippen LogP) is 8.48. The van der Waals surface area contributed by atoms with Crippen LogP contribution < -0.4 is 0 Å². The van der Waals surface area contributed by atoms with Gasteiger partial charge in [-0.15, -0.1) is 0 Å². The van der Waals surface area contributed by atoms with Gasteiger partial charge in [-0.1, -0.05) is 121 Å². The summed E-state index contributed by atoms with van der Waals surface area (Å²) in [5.74, 6) is -0.360. The van der Waals surface area contributed by atoms with Gasteiger partial charge in [0.1, 0.15) is 11.6 Å². The molecule has 0 bridgehead atoms. The fourth-order valence-electron chi connectivity index (χ4n) is 4.54. The van der Waals surface area contributed by atoms with E-state index in [4.69, 9.17) is 15.0 Å². The summed E-state index contributed by atoms with van der Waals surface area (Å²) in [6.07, 6.45) is 0. The molecule has 5 aromatic carbocycles. The molecule has 0 saturated heterocycles. The van der Waals surface area contributed by atoms with E-state index in [9.17, 15) is 0 Å². The summed E-state index contributed by atoms with van der Waals surface area (Å²) >= 11 is 0. The average molecular weight is 498 g/mol. The molecule has 3 nitrogen and oxygen atoms in total. The number of benzene rings is 5. The summed E-state index contributed by atoms with van der Waals surface area (Å²) in [5, 5.41) is 0. The van der Waals surface area contributed by atoms with Crippen LogP contribution in [0.5, 0.6) is 0 Å². The highest BCUT2D eigenvalue weighted by molar-refractivity contribution is 5.93. The van der Waals surface area contributed by atoms with Crippen molar-refractivity contribution in [2.24, 2.45) is 0 Å². The number of hydrogen-bond donors (Lipinski definition) is 0. The number of nitrogens with zero attached hydrogens (tertiary/aromatic N) is 3. The fraction of sp³-hybridized carbons (Fsp3) is 0. The molecule has 0 aliphatic carbocycles. The third kappa shape index (κ3) is 4.46. The van der Waals surface area contributed by atoms with Crippen LogP contribution in [-0.4, -0.2) is 15.0 Å². The molecule has 0 atom stereocenters. The molecule has 1 aromatic heterocycles. The van der Waals surface area contributed by atoms with Crippen LogP contribution in [0.25, 0.3) is 56.4 Å². The lowest BCUT2D eigenvalue weighted by atomic mass is 9.90. The van der Waals surface area contributed by atoms with Crippen molar-refractivity contribution in [1.82, 2.24) is 15.0 Å². The van der Waals surface area contributed by atoms with Gasteiger partial charge in [0.15, 0.2) is 17.5 Å². The first-order valence-corrected chi connectivity index (χ1v) is 12.2. The molecular weight excluding hydrogens is 476 g/mol. The first kappa shape index (κ1) is 23.4. The summed E-state index contributed by atoms with van der Waals surface area (Å²) in [6, 6.07) is 38.1. The van der Waals surface area contributed by atoms with Gasteiger partial charge in [0.05, 0.1) is 0 Å². The molecule has 0 aliphatic heterocycles. The van der Waals surface area contributed by atoms with E-state index >= 15 is 8.78 Å². The number of aromatic nitrogens is 3. The SMILES string of the molecule is Fc1cc(F)c(-c2ccccc2)c(-c2nc(-c3ccccc3)nc(-c3ccccc3)n2)c1-c1ccccc1. The Hall–Kier alpha value is -5.03. The molecule has 0 unspecified atom stereocenters. The van der Waals surface area contributed by atoms with Crippen LogP contribution in [0.2, 0.25) is 0 Å². The molecule has 0 N–H and O–H groups in total. The fourth-order valence-corrected chi connectivity index (χ4v) is 4.54. The van der Waals surface area contributed by atoms with E-state index in [1.54, 1.807) is 24.3 Å². The van der Waals surface area contributed by atoms with Crippen LogP contribution in [0.4, 0.5) is 8.78 Å². The van der Waals surface area contributed by atoms with E-state index in [0.717, 1.165) is 17.2 Å². The highest BCUT2D eigenvalue weighted by atomic mass is 19.1. The largest absolute Gasteiger partial charge is 0.208 e. The van der Waals surface area contributed by atoms with Gasteiger partial charge in [-0.25, -0.2) is 23.7 Å². The van der Waals surface area contributed by atoms with Crippen molar-refractivity contribution in [3.8, 4) is 56.4 Å². The Kier molecular flexibility index (Phi) is 6.24. The van der Waals surface area contributed by atoms with Gasteiger partial charge in [-0.2, -0.15) is 0 Å². The second-order valence-corrected chi connectivity index (χ2v) is 8.74. The normalized spacial score (nSPS) is 10.9. The zero-order chi connectivity index (χ0) is 25.9. The van der Waals surface area contributed by atoms with E-state index in [-0.39, 0.29) is 22.5 Å². The Balaban J connectivity index is 1.73. The molecule has 1 heterocycles. The van der Waals surface area contributed by atoms with Gasteiger partial charge in [0, 0.05) is 33.9 Å². The van der Waals surface area contributed by atoms with Gasteiger partial charge in [-0.3, -0.25) is 0 Å². The number of hydrogen-bond acceptors (Lipinski definition) is 3. The molecular formula is C33H21F2N3. The Morgan fingerprint density at radius 1 is 0.342 bits per heavy atom. The average Bonchev–Trinajstić information content (AvgIpc) is 2.98. The highest BCUT2D eigenvalue weighted by Gasteiger charge is 2.25. The van der Waals surface area contributed by atoms with Crippen molar-refractivity contribution in [1.29, 1.82) is 0 Å². The summed E-state index contributed by atoms with van der Waals surface area (Å²) in [7, 11) is 0. The van der Waals surface area contributed by atoms with Gasteiger partial charge in [-0.05, 0) is 11.1 Å². The van der Waals surface area contributed by atoms with Crippen molar-refractivity contribution in [3.05, 3.63) is 139 Å². The Morgan fingerprint density at radius 2 is 0.658 bits per heavy atom. The first-order chi connectivity index (χ1) is 18.7. The Bertz CT molecular complexity index is 1590. The van der Waals surface area contributed by atoms with Crippen molar-refractivity contribution in [2.45, 2.75) is 0 Å². The maximum Gasteiger partial charge on any atom is 0.165 e. The lowest BCUT2D eigenvalue weighted by Gasteiger charge is -2.18. The lowest BCUT2D eigenvalue weighted by Crippen LogP contribution is -2.04. The van der Waals surface area contributed by atoms with Crippen LogP contribution in [0.15, 0.2) is 127 Å². The molecule has 5 heteroatoms. The van der Waals surface area contributed by atoms with Gasteiger partial charge in [0.2, 0.25) is 0 Å². The zero-order valence-corrected chi connectivity index (χ0v) is 20.2. The van der Waals surface area contributed by atoms with Crippen molar-refractivity contribution >= 4 is 0 Å². The third-order valence-electron chi connectivity index (χ3n) is 6.28. The topological polar surface area (TPSA) is 38.7 Å². The van der Waals surface area contributed by atoms with Crippen molar-refractivity contribution < 1.29 is 8.78 Å². The number of halogens is 2. The minimum Gasteiger partial charge on any atom is -0.208 e. The maximum atomic E-state index is 15.7. The van der Waals surface area contributed by atoms with Crippen LogP contribution in [-0.2, 0) is 0 Å². The van der Waals surface area contributed by atoms with E-state index in [1.165, 1.54) is 0 Å². The quantitative estimate of drug-likeness (QED) is 0.240. The molecule has 0 fully saturated rings. The second-order valence-electron chi connectivity index (χ2n) is 8.74. The first-order valence-electron chi connectivity index (χ1n) is 12.2. The molecule has 0 aliphatic rings. The molecule has 0 radical (unpaired) electrons.